The molecule has 4 rings (SSSR count). The third-order valence-corrected chi connectivity index (χ3v) is 5.19. The topological polar surface area (TPSA) is 84.5 Å². The number of rotatable bonds is 3. The van der Waals surface area contributed by atoms with E-state index in [0.29, 0.717) is 26.8 Å². The third-order valence-electron chi connectivity index (χ3n) is 3.78. The van der Waals surface area contributed by atoms with E-state index in [9.17, 15) is 4.79 Å². The second kappa shape index (κ2) is 7.31. The van der Waals surface area contributed by atoms with Crippen molar-refractivity contribution in [3.05, 3.63) is 81.2 Å². The van der Waals surface area contributed by atoms with Crippen LogP contribution < -0.4 is 5.56 Å². The van der Waals surface area contributed by atoms with Crippen LogP contribution in [0.4, 0.5) is 0 Å². The maximum atomic E-state index is 13.1. The van der Waals surface area contributed by atoms with Crippen molar-refractivity contribution in [2.75, 3.05) is 0 Å². The van der Waals surface area contributed by atoms with Gasteiger partial charge < -0.3 is 0 Å². The molecule has 0 aliphatic carbocycles. The lowest BCUT2D eigenvalue weighted by Crippen LogP contribution is -2.21. The normalized spacial score (nSPS) is 10.7. The maximum Gasteiger partial charge on any atom is 0.266 e. The highest BCUT2D eigenvalue weighted by molar-refractivity contribution is 9.10. The highest BCUT2D eigenvalue weighted by Crippen LogP contribution is 2.27. The first-order chi connectivity index (χ1) is 13.2. The average Bonchev–Trinajstić information content (AvgIpc) is 2.70. The Balaban J connectivity index is 1.91. The van der Waals surface area contributed by atoms with Crippen LogP contribution in [0.15, 0.2) is 80.1 Å². The Labute approximate surface area is 166 Å². The third kappa shape index (κ3) is 3.47. The van der Waals surface area contributed by atoms with Gasteiger partial charge in [-0.15, -0.1) is 10.2 Å². The molecule has 2 aromatic carbocycles. The van der Waals surface area contributed by atoms with E-state index >= 15 is 0 Å². The van der Waals surface area contributed by atoms with Crippen LogP contribution in [0.2, 0.25) is 0 Å². The van der Waals surface area contributed by atoms with E-state index in [1.165, 1.54) is 11.8 Å². The molecule has 0 spiro atoms. The largest absolute Gasteiger partial charge is 0.268 e. The molecule has 0 atom stereocenters. The number of hydrogen-bond donors (Lipinski definition) is 0. The van der Waals surface area contributed by atoms with Gasteiger partial charge in [0, 0.05) is 4.47 Å². The second-order valence-corrected chi connectivity index (χ2v) is 7.40. The lowest BCUT2D eigenvalue weighted by Gasteiger charge is -2.12. The quantitative estimate of drug-likeness (QED) is 0.452. The Morgan fingerprint density at radius 3 is 2.48 bits per heavy atom. The van der Waals surface area contributed by atoms with E-state index in [-0.39, 0.29) is 11.3 Å². The molecule has 27 heavy (non-hydrogen) atoms. The van der Waals surface area contributed by atoms with Crippen LogP contribution in [-0.2, 0) is 0 Å². The van der Waals surface area contributed by atoms with Gasteiger partial charge in [0.15, 0.2) is 10.9 Å². The van der Waals surface area contributed by atoms with Gasteiger partial charge >= 0.3 is 0 Å². The van der Waals surface area contributed by atoms with Crippen LogP contribution in [-0.4, -0.2) is 19.7 Å². The Hall–Kier alpha value is -3.02. The SMILES string of the molecule is N#Cc1ccc(Sc2nc3ccccc3c(=O)n2-c2ccc(Br)cc2)nn1. The van der Waals surface area contributed by atoms with Gasteiger partial charge in [-0.1, -0.05) is 28.1 Å². The zero-order chi connectivity index (χ0) is 18.8. The monoisotopic (exact) mass is 435 g/mol. The van der Waals surface area contributed by atoms with Gasteiger partial charge in [-0.25, -0.2) is 4.98 Å². The molecule has 130 valence electrons. The van der Waals surface area contributed by atoms with Gasteiger partial charge in [0.05, 0.1) is 16.6 Å². The summed E-state index contributed by atoms with van der Waals surface area (Å²) in [5, 5.41) is 18.3. The Kier molecular flexibility index (Phi) is 4.71. The predicted octanol–water partition coefficient (Wildman–Crippen LogP) is 3.96. The minimum Gasteiger partial charge on any atom is -0.268 e. The maximum absolute atomic E-state index is 13.1. The molecule has 2 heterocycles. The molecule has 8 heteroatoms. The fraction of sp³-hybridized carbons (Fsp3) is 0. The van der Waals surface area contributed by atoms with Crippen LogP contribution in [0.1, 0.15) is 5.69 Å². The molecular formula is C19H10BrN5OS. The molecule has 0 fully saturated rings. The van der Waals surface area contributed by atoms with Crippen LogP contribution in [0.3, 0.4) is 0 Å². The summed E-state index contributed by atoms with van der Waals surface area (Å²) >= 11 is 4.63. The number of fused-ring (bicyclic) bond motifs is 1. The number of nitriles is 1. The van der Waals surface area contributed by atoms with Crippen LogP contribution in [0, 0.1) is 11.3 Å². The zero-order valence-electron chi connectivity index (χ0n) is 13.7. The van der Waals surface area contributed by atoms with Gasteiger partial charge in [0.25, 0.3) is 5.56 Å². The minimum atomic E-state index is -0.160. The molecule has 0 saturated carbocycles. The molecule has 0 aliphatic heterocycles. The van der Waals surface area contributed by atoms with Gasteiger partial charge in [-0.2, -0.15) is 5.26 Å². The summed E-state index contributed by atoms with van der Waals surface area (Å²) in [6.07, 6.45) is 0. The van der Waals surface area contributed by atoms with Crippen molar-refractivity contribution in [2.45, 2.75) is 10.2 Å². The first-order valence-corrected chi connectivity index (χ1v) is 9.46. The van der Waals surface area contributed by atoms with Crippen molar-refractivity contribution in [1.29, 1.82) is 5.26 Å². The van der Waals surface area contributed by atoms with E-state index in [4.69, 9.17) is 5.26 Å². The van der Waals surface area contributed by atoms with Gasteiger partial charge in [0.1, 0.15) is 11.1 Å². The average molecular weight is 436 g/mol. The summed E-state index contributed by atoms with van der Waals surface area (Å²) in [7, 11) is 0. The van der Waals surface area contributed by atoms with Crippen molar-refractivity contribution in [2.24, 2.45) is 0 Å². The van der Waals surface area contributed by atoms with Gasteiger partial charge in [-0.3, -0.25) is 9.36 Å². The van der Waals surface area contributed by atoms with E-state index in [1.807, 2.05) is 42.5 Å². The van der Waals surface area contributed by atoms with E-state index < -0.39 is 0 Å². The molecular weight excluding hydrogens is 426 g/mol. The van der Waals surface area contributed by atoms with Crippen molar-refractivity contribution >= 4 is 38.6 Å². The van der Waals surface area contributed by atoms with Gasteiger partial charge in [0.2, 0.25) is 0 Å². The highest BCUT2D eigenvalue weighted by Gasteiger charge is 2.15. The molecule has 0 radical (unpaired) electrons. The Morgan fingerprint density at radius 1 is 1.00 bits per heavy atom. The molecule has 4 aromatic rings. The van der Waals surface area contributed by atoms with Crippen molar-refractivity contribution in [1.82, 2.24) is 19.7 Å². The van der Waals surface area contributed by atoms with Crippen LogP contribution >= 0.6 is 27.7 Å². The van der Waals surface area contributed by atoms with Crippen molar-refractivity contribution in [3.8, 4) is 11.8 Å². The predicted molar refractivity (Wildman–Crippen MR) is 106 cm³/mol. The molecule has 6 nitrogen and oxygen atoms in total. The van der Waals surface area contributed by atoms with E-state index in [2.05, 4.69) is 31.1 Å². The Bertz CT molecular complexity index is 1230. The summed E-state index contributed by atoms with van der Waals surface area (Å²) in [5.41, 5.74) is 1.38. The number of para-hydroxylation sites is 1. The number of nitrogens with zero attached hydrogens (tertiary/aromatic N) is 5. The molecule has 0 unspecified atom stereocenters. The number of hydrogen-bond acceptors (Lipinski definition) is 6. The second-order valence-electron chi connectivity index (χ2n) is 5.50. The lowest BCUT2D eigenvalue weighted by molar-refractivity contribution is 0.813. The number of benzene rings is 2. The minimum absolute atomic E-state index is 0.160. The number of aromatic nitrogens is 4. The molecule has 2 aromatic heterocycles. The lowest BCUT2D eigenvalue weighted by atomic mass is 10.2. The molecule has 0 amide bonds. The number of halogens is 1. The van der Waals surface area contributed by atoms with E-state index in [1.54, 1.807) is 28.8 Å². The van der Waals surface area contributed by atoms with Crippen LogP contribution in [0.25, 0.3) is 16.6 Å². The molecule has 0 aliphatic rings. The summed E-state index contributed by atoms with van der Waals surface area (Å²) in [6.45, 7) is 0. The molecule has 0 bridgehead atoms. The summed E-state index contributed by atoms with van der Waals surface area (Å²) in [6, 6.07) is 19.8. The zero-order valence-corrected chi connectivity index (χ0v) is 16.1. The summed E-state index contributed by atoms with van der Waals surface area (Å²) in [4.78, 5) is 17.8. The fourth-order valence-electron chi connectivity index (χ4n) is 2.53. The van der Waals surface area contributed by atoms with Gasteiger partial charge in [-0.05, 0) is 60.3 Å². The van der Waals surface area contributed by atoms with Crippen molar-refractivity contribution < 1.29 is 0 Å². The first-order valence-electron chi connectivity index (χ1n) is 7.85. The van der Waals surface area contributed by atoms with Crippen molar-refractivity contribution in [3.63, 3.8) is 0 Å². The first kappa shape index (κ1) is 17.4. The van der Waals surface area contributed by atoms with E-state index in [0.717, 1.165) is 4.47 Å². The summed E-state index contributed by atoms with van der Waals surface area (Å²) < 4.78 is 2.47. The fourth-order valence-corrected chi connectivity index (χ4v) is 3.62. The smallest absolute Gasteiger partial charge is 0.266 e. The summed E-state index contributed by atoms with van der Waals surface area (Å²) in [5.74, 6) is 0. The van der Waals surface area contributed by atoms with Crippen LogP contribution in [0.5, 0.6) is 0 Å². The standard InChI is InChI=1S/C19H10BrN5OS/c20-12-5-8-14(9-6-12)25-18(26)15-3-1-2-4-16(15)22-19(25)27-17-10-7-13(11-21)23-24-17/h1-10H. The molecule has 0 N–H and O–H groups in total. The highest BCUT2D eigenvalue weighted by atomic mass is 79.9. The Morgan fingerprint density at radius 2 is 1.78 bits per heavy atom. The molecule has 0 saturated heterocycles.